The molecule has 0 bridgehead atoms. The number of amides is 2. The first-order chi connectivity index (χ1) is 13.1. The van der Waals surface area contributed by atoms with Crippen LogP contribution in [0.4, 0.5) is 11.4 Å². The van der Waals surface area contributed by atoms with Crippen LogP contribution in [-0.2, 0) is 14.3 Å². The highest BCUT2D eigenvalue weighted by molar-refractivity contribution is 6.02. The lowest BCUT2D eigenvalue weighted by molar-refractivity contribution is -0.384. The minimum Gasteiger partial charge on any atom is -0.383 e. The molecule has 1 heterocycles. The fraction of sp³-hybridized carbons (Fsp3) is 0.529. The van der Waals surface area contributed by atoms with Crippen LogP contribution in [0.5, 0.6) is 0 Å². The lowest BCUT2D eigenvalue weighted by Gasteiger charge is -2.30. The maximum absolute atomic E-state index is 13.0. The average Bonchev–Trinajstić information content (AvgIpc) is 2.69. The predicted octanol–water partition coefficient (Wildman–Crippen LogP) is 0.584. The molecule has 1 aromatic carbocycles. The highest BCUT2D eigenvalue weighted by Crippen LogP contribution is 2.23. The van der Waals surface area contributed by atoms with E-state index in [4.69, 9.17) is 9.47 Å². The van der Waals surface area contributed by atoms with Crippen LogP contribution in [0.3, 0.4) is 0 Å². The summed E-state index contributed by atoms with van der Waals surface area (Å²) in [6.45, 7) is 4.66. The predicted molar refractivity (Wildman–Crippen MR) is 97.8 cm³/mol. The fourth-order valence-electron chi connectivity index (χ4n) is 2.79. The third-order valence-corrected chi connectivity index (χ3v) is 4.30. The molecule has 2 rings (SSSR count). The number of ether oxygens (including phenoxy) is 2. The summed E-state index contributed by atoms with van der Waals surface area (Å²) in [5, 5.41) is 13.5. The molecule has 0 aromatic heterocycles. The highest BCUT2D eigenvalue weighted by Gasteiger charge is 2.23. The Balaban J connectivity index is 2.19. The summed E-state index contributed by atoms with van der Waals surface area (Å²) in [6.07, 6.45) is 0.436. The Morgan fingerprint density at radius 1 is 1.41 bits per heavy atom. The van der Waals surface area contributed by atoms with E-state index >= 15 is 0 Å². The average molecular weight is 380 g/mol. The van der Waals surface area contributed by atoms with E-state index in [0.717, 1.165) is 13.1 Å². The lowest BCUT2D eigenvalue weighted by Crippen LogP contribution is -2.44. The van der Waals surface area contributed by atoms with Crippen LogP contribution >= 0.6 is 0 Å². The molecule has 0 radical (unpaired) electrons. The van der Waals surface area contributed by atoms with Gasteiger partial charge in [-0.25, -0.2) is 0 Å². The number of nitrogens with one attached hydrogen (secondary N) is 1. The number of non-ortho nitro benzene ring substituents is 1. The van der Waals surface area contributed by atoms with E-state index in [2.05, 4.69) is 10.2 Å². The summed E-state index contributed by atoms with van der Waals surface area (Å²) in [4.78, 5) is 38.1. The molecule has 1 aromatic rings. The van der Waals surface area contributed by atoms with Gasteiger partial charge in [-0.2, -0.15) is 0 Å². The topological polar surface area (TPSA) is 114 Å². The number of nitro benzene ring substituents is 1. The minimum absolute atomic E-state index is 0.0781. The van der Waals surface area contributed by atoms with E-state index in [0.29, 0.717) is 45.9 Å². The van der Waals surface area contributed by atoms with Crippen molar-refractivity contribution in [2.75, 3.05) is 65.0 Å². The molecule has 148 valence electrons. The summed E-state index contributed by atoms with van der Waals surface area (Å²) < 4.78 is 10.4. The standard InChI is InChI=1S/C17H24N4O6/c1-26-9-8-20(5-4-19-6-10-27-11-7-19)17(23)15-12-14(21(24)25)2-3-16(15)18-13-22/h2-3,12-13H,4-11H2,1H3,(H,18,22). The second kappa shape index (κ2) is 10.6. The van der Waals surface area contributed by atoms with Gasteiger partial charge in [0.05, 0.1) is 36.0 Å². The molecule has 1 saturated heterocycles. The van der Waals surface area contributed by atoms with Crippen LogP contribution in [0.25, 0.3) is 0 Å². The molecule has 0 spiro atoms. The Bertz CT molecular complexity index is 663. The molecule has 1 fully saturated rings. The normalized spacial score (nSPS) is 14.6. The Morgan fingerprint density at radius 3 is 2.78 bits per heavy atom. The summed E-state index contributed by atoms with van der Waals surface area (Å²) in [5.74, 6) is -0.395. The van der Waals surface area contributed by atoms with Gasteiger partial charge in [-0.15, -0.1) is 0 Å². The van der Waals surface area contributed by atoms with Gasteiger partial charge >= 0.3 is 0 Å². The first-order valence-corrected chi connectivity index (χ1v) is 8.63. The number of hydrogen-bond acceptors (Lipinski definition) is 7. The molecule has 10 heteroatoms. The van der Waals surface area contributed by atoms with Crippen molar-refractivity contribution in [2.24, 2.45) is 0 Å². The van der Waals surface area contributed by atoms with Gasteiger partial charge in [0, 0.05) is 52.0 Å². The Labute approximate surface area is 157 Å². The monoisotopic (exact) mass is 380 g/mol. The number of morpholine rings is 1. The van der Waals surface area contributed by atoms with Gasteiger partial charge in [0.15, 0.2) is 0 Å². The zero-order valence-electron chi connectivity index (χ0n) is 15.3. The largest absolute Gasteiger partial charge is 0.383 e. The van der Waals surface area contributed by atoms with Crippen LogP contribution in [0, 0.1) is 10.1 Å². The van der Waals surface area contributed by atoms with Crippen LogP contribution in [0.2, 0.25) is 0 Å². The van der Waals surface area contributed by atoms with E-state index in [1.54, 1.807) is 4.90 Å². The number of anilines is 1. The number of carbonyl (C=O) groups excluding carboxylic acids is 2. The quantitative estimate of drug-likeness (QED) is 0.359. The molecular formula is C17H24N4O6. The molecule has 0 aliphatic carbocycles. The van der Waals surface area contributed by atoms with Gasteiger partial charge < -0.3 is 19.7 Å². The van der Waals surface area contributed by atoms with Crippen molar-refractivity contribution in [1.29, 1.82) is 0 Å². The summed E-state index contributed by atoms with van der Waals surface area (Å²) in [6, 6.07) is 3.79. The molecular weight excluding hydrogens is 356 g/mol. The third-order valence-electron chi connectivity index (χ3n) is 4.30. The van der Waals surface area contributed by atoms with Crippen LogP contribution in [-0.4, -0.2) is 86.7 Å². The number of nitrogens with zero attached hydrogens (tertiary/aromatic N) is 3. The Morgan fingerprint density at radius 2 is 2.15 bits per heavy atom. The highest BCUT2D eigenvalue weighted by atomic mass is 16.6. The fourth-order valence-corrected chi connectivity index (χ4v) is 2.79. The Kier molecular flexibility index (Phi) is 8.11. The second-order valence-electron chi connectivity index (χ2n) is 5.99. The summed E-state index contributed by atoms with van der Waals surface area (Å²) in [7, 11) is 1.54. The van der Waals surface area contributed by atoms with E-state index < -0.39 is 10.8 Å². The minimum atomic E-state index is -0.575. The zero-order chi connectivity index (χ0) is 19.6. The molecule has 1 N–H and O–H groups in total. The smallest absolute Gasteiger partial charge is 0.270 e. The first-order valence-electron chi connectivity index (χ1n) is 8.63. The molecule has 0 saturated carbocycles. The van der Waals surface area contributed by atoms with Crippen molar-refractivity contribution in [1.82, 2.24) is 9.80 Å². The van der Waals surface area contributed by atoms with Crippen molar-refractivity contribution in [3.05, 3.63) is 33.9 Å². The molecule has 27 heavy (non-hydrogen) atoms. The van der Waals surface area contributed by atoms with E-state index in [-0.39, 0.29) is 16.9 Å². The van der Waals surface area contributed by atoms with Gasteiger partial charge in [0.1, 0.15) is 0 Å². The maximum Gasteiger partial charge on any atom is 0.270 e. The van der Waals surface area contributed by atoms with Crippen LogP contribution in [0.15, 0.2) is 18.2 Å². The van der Waals surface area contributed by atoms with Crippen molar-refractivity contribution < 1.29 is 24.0 Å². The summed E-state index contributed by atoms with van der Waals surface area (Å²) >= 11 is 0. The molecule has 10 nitrogen and oxygen atoms in total. The lowest BCUT2D eigenvalue weighted by atomic mass is 10.1. The second-order valence-corrected chi connectivity index (χ2v) is 5.99. The molecule has 2 amide bonds. The van der Waals surface area contributed by atoms with Gasteiger partial charge in [-0.3, -0.25) is 24.6 Å². The third kappa shape index (κ3) is 5.98. The number of hydrogen-bond donors (Lipinski definition) is 1. The zero-order valence-corrected chi connectivity index (χ0v) is 15.3. The van der Waals surface area contributed by atoms with Gasteiger partial charge in [0.25, 0.3) is 11.6 Å². The summed E-state index contributed by atoms with van der Waals surface area (Å²) in [5.41, 5.74) is 0.0958. The number of methoxy groups -OCH3 is 1. The van der Waals surface area contributed by atoms with Gasteiger partial charge in [-0.05, 0) is 6.07 Å². The molecule has 1 aliphatic rings. The van der Waals surface area contributed by atoms with Crippen molar-refractivity contribution in [3.8, 4) is 0 Å². The number of rotatable bonds is 10. The SMILES string of the molecule is COCCN(CCN1CCOCC1)C(=O)c1cc([N+](=O)[O-])ccc1NC=O. The van der Waals surface area contributed by atoms with Crippen molar-refractivity contribution in [2.45, 2.75) is 0 Å². The van der Waals surface area contributed by atoms with Gasteiger partial charge in [-0.1, -0.05) is 0 Å². The van der Waals surface area contributed by atoms with Crippen molar-refractivity contribution >= 4 is 23.7 Å². The van der Waals surface area contributed by atoms with Gasteiger partial charge in [0.2, 0.25) is 6.41 Å². The molecule has 1 aliphatic heterocycles. The molecule has 0 unspecified atom stereocenters. The van der Waals surface area contributed by atoms with E-state index in [1.165, 1.54) is 25.3 Å². The Hall–Kier alpha value is -2.56. The molecule has 0 atom stereocenters. The number of carbonyl (C=O) groups is 2. The van der Waals surface area contributed by atoms with E-state index in [1.807, 2.05) is 0 Å². The van der Waals surface area contributed by atoms with Crippen LogP contribution in [0.1, 0.15) is 10.4 Å². The maximum atomic E-state index is 13.0. The number of nitro groups is 1. The number of benzene rings is 1. The van der Waals surface area contributed by atoms with Crippen molar-refractivity contribution in [3.63, 3.8) is 0 Å². The van der Waals surface area contributed by atoms with E-state index in [9.17, 15) is 19.7 Å². The first kappa shape index (κ1) is 20.7. The van der Waals surface area contributed by atoms with Crippen LogP contribution < -0.4 is 5.32 Å².